The van der Waals surface area contributed by atoms with Crippen molar-refractivity contribution in [3.8, 4) is 11.8 Å². The number of nitrogens with zero attached hydrogens (tertiary/aromatic N) is 3. The summed E-state index contributed by atoms with van der Waals surface area (Å²) in [7, 11) is -3.66. The lowest BCUT2D eigenvalue weighted by Gasteiger charge is -2.16. The maximum atomic E-state index is 13.1. The zero-order valence-electron chi connectivity index (χ0n) is 15.0. The summed E-state index contributed by atoms with van der Waals surface area (Å²) in [5.74, 6) is -0.621. The van der Waals surface area contributed by atoms with E-state index in [1.54, 1.807) is 35.3 Å². The molecule has 4 rings (SSSR count). The highest BCUT2D eigenvalue weighted by molar-refractivity contribution is 7.92. The number of halogens is 1. The summed E-state index contributed by atoms with van der Waals surface area (Å²) in [5.41, 5.74) is -0.0662. The number of hydrogen-bond acceptors (Lipinski definition) is 5. The highest BCUT2D eigenvalue weighted by atomic mass is 35.5. The molecule has 0 saturated heterocycles. The molecule has 2 saturated carbocycles. The molecular weight excluding hydrogens is 400 g/mol. The molecule has 0 unspecified atom stereocenters. The second-order valence-electron chi connectivity index (χ2n) is 7.43. The molecular formula is C19H19ClN4O3S. The Kier molecular flexibility index (Phi) is 4.68. The van der Waals surface area contributed by atoms with E-state index in [4.69, 9.17) is 16.9 Å². The molecule has 1 aromatic heterocycles. The van der Waals surface area contributed by atoms with Gasteiger partial charge in [0.15, 0.2) is 9.84 Å². The van der Waals surface area contributed by atoms with Crippen LogP contribution in [0.2, 0.25) is 5.02 Å². The molecule has 1 heterocycles. The van der Waals surface area contributed by atoms with Crippen LogP contribution in [0.25, 0.3) is 5.69 Å². The van der Waals surface area contributed by atoms with Gasteiger partial charge in [0, 0.05) is 18.3 Å². The number of carbonyl (C=O) groups excluding carboxylic acids is 1. The van der Waals surface area contributed by atoms with E-state index in [-0.39, 0.29) is 22.2 Å². The Morgan fingerprint density at radius 2 is 2.14 bits per heavy atom. The molecule has 2 aliphatic carbocycles. The van der Waals surface area contributed by atoms with Gasteiger partial charge in [-0.25, -0.2) is 13.1 Å². The average Bonchev–Trinajstić information content (AvgIpc) is 3.09. The van der Waals surface area contributed by atoms with E-state index in [1.807, 2.05) is 0 Å². The van der Waals surface area contributed by atoms with Crippen LogP contribution in [-0.2, 0) is 14.6 Å². The molecule has 7 nitrogen and oxygen atoms in total. The second kappa shape index (κ2) is 6.90. The van der Waals surface area contributed by atoms with Gasteiger partial charge in [0.2, 0.25) is 5.91 Å². The van der Waals surface area contributed by atoms with E-state index in [0.29, 0.717) is 31.4 Å². The lowest BCUT2D eigenvalue weighted by Crippen LogP contribution is -2.39. The Morgan fingerprint density at radius 1 is 1.36 bits per heavy atom. The molecule has 0 spiro atoms. The van der Waals surface area contributed by atoms with E-state index < -0.39 is 26.5 Å². The van der Waals surface area contributed by atoms with Gasteiger partial charge >= 0.3 is 0 Å². The van der Waals surface area contributed by atoms with Crippen LogP contribution < -0.4 is 5.32 Å². The van der Waals surface area contributed by atoms with Gasteiger partial charge in [0.1, 0.15) is 5.54 Å². The predicted octanol–water partition coefficient (Wildman–Crippen LogP) is 2.64. The molecule has 1 aromatic carbocycles. The van der Waals surface area contributed by atoms with Gasteiger partial charge in [0.05, 0.1) is 26.9 Å². The molecule has 2 aromatic rings. The van der Waals surface area contributed by atoms with Gasteiger partial charge in [-0.15, -0.1) is 0 Å². The fourth-order valence-electron chi connectivity index (χ4n) is 3.65. The number of carbonyl (C=O) groups is 1. The van der Waals surface area contributed by atoms with E-state index >= 15 is 0 Å². The SMILES string of the molecule is N#CC1(NC(=O)[C@H]2CC[C@H](S(=O)(=O)c3ccc(-n4cccn4)cc3Cl)C2)CC1. The molecule has 1 N–H and O–H groups in total. The average molecular weight is 419 g/mol. The zero-order chi connectivity index (χ0) is 19.9. The third-order valence-electron chi connectivity index (χ3n) is 5.51. The quantitative estimate of drug-likeness (QED) is 0.803. The summed E-state index contributed by atoms with van der Waals surface area (Å²) in [6.45, 7) is 0. The minimum absolute atomic E-state index is 0.0758. The second-order valence-corrected chi connectivity index (χ2v) is 10.0. The first-order valence-corrected chi connectivity index (χ1v) is 11.0. The van der Waals surface area contributed by atoms with Gasteiger partial charge in [0.25, 0.3) is 0 Å². The molecule has 2 aliphatic rings. The van der Waals surface area contributed by atoms with Crippen LogP contribution in [-0.4, -0.2) is 34.9 Å². The van der Waals surface area contributed by atoms with Crippen molar-refractivity contribution >= 4 is 27.3 Å². The normalized spacial score (nSPS) is 23.1. The monoisotopic (exact) mass is 418 g/mol. The van der Waals surface area contributed by atoms with E-state index in [9.17, 15) is 13.2 Å². The summed E-state index contributed by atoms with van der Waals surface area (Å²) in [6.07, 6.45) is 5.81. The molecule has 146 valence electrons. The first-order valence-electron chi connectivity index (χ1n) is 9.11. The summed E-state index contributed by atoms with van der Waals surface area (Å²) >= 11 is 6.29. The molecule has 1 amide bonds. The van der Waals surface area contributed by atoms with Crippen LogP contribution in [0, 0.1) is 17.2 Å². The first kappa shape index (κ1) is 19.0. The molecule has 28 heavy (non-hydrogen) atoms. The maximum absolute atomic E-state index is 13.1. The number of nitriles is 1. The van der Waals surface area contributed by atoms with Crippen LogP contribution in [0.15, 0.2) is 41.6 Å². The Labute approximate surface area is 168 Å². The number of aromatic nitrogens is 2. The van der Waals surface area contributed by atoms with Crippen molar-refractivity contribution in [1.29, 1.82) is 5.26 Å². The first-order chi connectivity index (χ1) is 13.3. The number of amides is 1. The summed E-state index contributed by atoms with van der Waals surface area (Å²) in [6, 6.07) is 8.62. The van der Waals surface area contributed by atoms with Crippen molar-refractivity contribution in [2.24, 2.45) is 5.92 Å². The van der Waals surface area contributed by atoms with Gasteiger partial charge in [-0.1, -0.05) is 11.6 Å². The molecule has 9 heteroatoms. The van der Waals surface area contributed by atoms with E-state index in [0.717, 1.165) is 0 Å². The number of nitrogens with one attached hydrogen (secondary N) is 1. The Bertz CT molecular complexity index is 1060. The minimum Gasteiger partial charge on any atom is -0.338 e. The van der Waals surface area contributed by atoms with Crippen LogP contribution in [0.1, 0.15) is 32.1 Å². The number of hydrogen-bond donors (Lipinski definition) is 1. The third kappa shape index (κ3) is 3.40. The van der Waals surface area contributed by atoms with Gasteiger partial charge < -0.3 is 5.32 Å². The van der Waals surface area contributed by atoms with Crippen molar-refractivity contribution < 1.29 is 13.2 Å². The molecule has 0 radical (unpaired) electrons. The van der Waals surface area contributed by atoms with E-state index in [2.05, 4.69) is 16.5 Å². The topological polar surface area (TPSA) is 105 Å². The molecule has 0 aliphatic heterocycles. The number of benzene rings is 1. The Morgan fingerprint density at radius 3 is 2.75 bits per heavy atom. The van der Waals surface area contributed by atoms with E-state index in [1.165, 1.54) is 6.07 Å². The fourth-order valence-corrected chi connectivity index (χ4v) is 6.03. The van der Waals surface area contributed by atoms with Crippen LogP contribution in [0.3, 0.4) is 0 Å². The lowest BCUT2D eigenvalue weighted by molar-refractivity contribution is -0.125. The van der Waals surface area contributed by atoms with Crippen molar-refractivity contribution in [2.75, 3.05) is 0 Å². The van der Waals surface area contributed by atoms with Crippen molar-refractivity contribution in [1.82, 2.24) is 15.1 Å². The third-order valence-corrected chi connectivity index (χ3v) is 8.21. The molecule has 2 atom stereocenters. The standard InChI is InChI=1S/C19H19ClN4O3S/c20-16-11-14(24-9-1-8-22-24)3-5-17(16)28(26,27)15-4-2-13(10-15)18(25)23-19(12-21)6-7-19/h1,3,5,8-9,11,13,15H,2,4,6-7,10H2,(H,23,25)/t13-,15-/m0/s1. The van der Waals surface area contributed by atoms with Gasteiger partial charge in [-0.05, 0) is 56.4 Å². The maximum Gasteiger partial charge on any atom is 0.224 e. The highest BCUT2D eigenvalue weighted by Gasteiger charge is 2.47. The smallest absolute Gasteiger partial charge is 0.224 e. The van der Waals surface area contributed by atoms with Crippen molar-refractivity contribution in [2.45, 2.75) is 47.8 Å². The van der Waals surface area contributed by atoms with Gasteiger partial charge in [-0.2, -0.15) is 10.4 Å². The fraction of sp³-hybridized carbons (Fsp3) is 0.421. The number of rotatable bonds is 5. The van der Waals surface area contributed by atoms with Crippen molar-refractivity contribution in [3.63, 3.8) is 0 Å². The summed E-state index contributed by atoms with van der Waals surface area (Å²) in [5, 5.41) is 15.5. The molecule has 2 fully saturated rings. The molecule has 0 bridgehead atoms. The van der Waals surface area contributed by atoms with Gasteiger partial charge in [-0.3, -0.25) is 4.79 Å². The summed E-state index contributed by atoms with van der Waals surface area (Å²) in [4.78, 5) is 12.5. The van der Waals surface area contributed by atoms with Crippen molar-refractivity contribution in [3.05, 3.63) is 41.7 Å². The van der Waals surface area contributed by atoms with Crippen LogP contribution >= 0.6 is 11.6 Å². The van der Waals surface area contributed by atoms with Crippen LogP contribution in [0.4, 0.5) is 0 Å². The largest absolute Gasteiger partial charge is 0.338 e. The Balaban J connectivity index is 1.50. The highest BCUT2D eigenvalue weighted by Crippen LogP contribution is 2.39. The zero-order valence-corrected chi connectivity index (χ0v) is 16.6. The minimum atomic E-state index is -3.66. The number of sulfone groups is 1. The summed E-state index contributed by atoms with van der Waals surface area (Å²) < 4.78 is 27.8. The van der Waals surface area contributed by atoms with Crippen LogP contribution in [0.5, 0.6) is 0 Å². The lowest BCUT2D eigenvalue weighted by atomic mass is 10.1. The Hall–Kier alpha value is -2.37. The predicted molar refractivity (Wildman–Crippen MR) is 103 cm³/mol.